The third-order valence-corrected chi connectivity index (χ3v) is 2.53. The molecular formula is C15H19N. The fourth-order valence-electron chi connectivity index (χ4n) is 1.38. The van der Waals surface area contributed by atoms with Crippen LogP contribution >= 0.6 is 0 Å². The number of allylic oxidation sites excluding steroid dienone is 4. The van der Waals surface area contributed by atoms with E-state index in [1.807, 2.05) is 13.1 Å². The second-order valence-electron chi connectivity index (χ2n) is 3.79. The molecule has 1 rings (SSSR count). The first-order valence-electron chi connectivity index (χ1n) is 5.43. The van der Waals surface area contributed by atoms with E-state index >= 15 is 0 Å². The molecule has 0 aliphatic carbocycles. The number of rotatable bonds is 4. The maximum absolute atomic E-state index is 3.73. The molecule has 0 bridgehead atoms. The molecular weight excluding hydrogens is 194 g/mol. The summed E-state index contributed by atoms with van der Waals surface area (Å²) in [6.45, 7) is 7.94. The minimum Gasteiger partial charge on any atom is -0.388 e. The van der Waals surface area contributed by atoms with Crippen LogP contribution in [-0.2, 0) is 0 Å². The molecule has 0 aliphatic rings. The van der Waals surface area contributed by atoms with Gasteiger partial charge in [0.1, 0.15) is 0 Å². The van der Waals surface area contributed by atoms with E-state index in [1.54, 1.807) is 6.08 Å². The van der Waals surface area contributed by atoms with Crippen LogP contribution in [0.4, 0.5) is 0 Å². The van der Waals surface area contributed by atoms with E-state index < -0.39 is 0 Å². The first kappa shape index (κ1) is 12.3. The number of hydrogen-bond donors (Lipinski definition) is 1. The van der Waals surface area contributed by atoms with Crippen molar-refractivity contribution in [1.82, 2.24) is 5.32 Å². The summed E-state index contributed by atoms with van der Waals surface area (Å²) < 4.78 is 0. The van der Waals surface area contributed by atoms with Crippen molar-refractivity contribution in [1.29, 1.82) is 0 Å². The van der Waals surface area contributed by atoms with Gasteiger partial charge in [-0.25, -0.2) is 0 Å². The van der Waals surface area contributed by atoms with E-state index in [2.05, 4.69) is 56.1 Å². The van der Waals surface area contributed by atoms with Crippen molar-refractivity contribution in [3.05, 3.63) is 65.9 Å². The van der Waals surface area contributed by atoms with Crippen LogP contribution in [0.15, 0.2) is 54.8 Å². The minimum absolute atomic E-state index is 1.02. The summed E-state index contributed by atoms with van der Waals surface area (Å²) in [6, 6.07) is 8.54. The molecule has 0 aliphatic heterocycles. The lowest BCUT2D eigenvalue weighted by Gasteiger charge is -2.02. The minimum atomic E-state index is 1.02. The molecule has 0 radical (unpaired) electrons. The maximum atomic E-state index is 3.73. The molecule has 0 aromatic heterocycles. The van der Waals surface area contributed by atoms with Crippen molar-refractivity contribution in [2.24, 2.45) is 0 Å². The predicted molar refractivity (Wildman–Crippen MR) is 72.2 cm³/mol. The van der Waals surface area contributed by atoms with Crippen LogP contribution in [0.25, 0.3) is 5.57 Å². The molecule has 1 heteroatoms. The molecule has 0 spiro atoms. The van der Waals surface area contributed by atoms with Gasteiger partial charge in [0.25, 0.3) is 0 Å². The van der Waals surface area contributed by atoms with E-state index in [4.69, 9.17) is 0 Å². The Balaban J connectivity index is 2.89. The van der Waals surface area contributed by atoms with E-state index in [-0.39, 0.29) is 0 Å². The molecule has 0 unspecified atom stereocenters. The fourth-order valence-corrected chi connectivity index (χ4v) is 1.38. The van der Waals surface area contributed by atoms with Gasteiger partial charge in [-0.3, -0.25) is 0 Å². The van der Waals surface area contributed by atoms with Crippen LogP contribution < -0.4 is 5.32 Å². The highest BCUT2D eigenvalue weighted by atomic mass is 14.8. The van der Waals surface area contributed by atoms with Crippen molar-refractivity contribution in [3.8, 4) is 0 Å². The molecule has 1 aromatic carbocycles. The SMILES string of the molecule is C=C/C(=C\C=C(/C)c1ccc(C)cc1)NC. The van der Waals surface area contributed by atoms with Gasteiger partial charge in [-0.05, 0) is 37.1 Å². The Bertz CT molecular complexity index is 408. The average molecular weight is 213 g/mol. The number of nitrogens with one attached hydrogen (secondary N) is 1. The Morgan fingerprint density at radius 2 is 1.81 bits per heavy atom. The van der Waals surface area contributed by atoms with Gasteiger partial charge in [-0.2, -0.15) is 0 Å². The summed E-state index contributed by atoms with van der Waals surface area (Å²) in [4.78, 5) is 0. The van der Waals surface area contributed by atoms with Crippen LogP contribution in [0.2, 0.25) is 0 Å². The fraction of sp³-hybridized carbons (Fsp3) is 0.200. The van der Waals surface area contributed by atoms with Gasteiger partial charge in [0.2, 0.25) is 0 Å². The highest BCUT2D eigenvalue weighted by Crippen LogP contribution is 2.14. The Morgan fingerprint density at radius 3 is 2.31 bits per heavy atom. The van der Waals surface area contributed by atoms with Crippen LogP contribution in [0, 0.1) is 6.92 Å². The molecule has 0 saturated heterocycles. The van der Waals surface area contributed by atoms with Crippen molar-refractivity contribution < 1.29 is 0 Å². The van der Waals surface area contributed by atoms with Gasteiger partial charge in [0, 0.05) is 12.7 Å². The standard InChI is InChI=1S/C15H19N/c1-5-15(16-4)11-8-13(3)14-9-6-12(2)7-10-14/h5-11,16H,1H2,2-4H3/b13-8+,15-11+. The lowest BCUT2D eigenvalue weighted by molar-refractivity contribution is 1.03. The van der Waals surface area contributed by atoms with E-state index in [9.17, 15) is 0 Å². The van der Waals surface area contributed by atoms with Gasteiger partial charge in [0.05, 0.1) is 0 Å². The van der Waals surface area contributed by atoms with Gasteiger partial charge < -0.3 is 5.32 Å². The number of likely N-dealkylation sites (N-methyl/N-ethyl adjacent to an activating group) is 1. The molecule has 1 aromatic rings. The lowest BCUT2D eigenvalue weighted by Crippen LogP contribution is -2.01. The third kappa shape index (κ3) is 3.43. The molecule has 1 N–H and O–H groups in total. The maximum Gasteiger partial charge on any atom is 0.0331 e. The number of aryl methyl sites for hydroxylation is 1. The summed E-state index contributed by atoms with van der Waals surface area (Å²) >= 11 is 0. The number of benzene rings is 1. The second kappa shape index (κ2) is 5.96. The van der Waals surface area contributed by atoms with Gasteiger partial charge in [-0.1, -0.05) is 42.5 Å². The molecule has 0 atom stereocenters. The monoisotopic (exact) mass is 213 g/mol. The molecule has 0 saturated carbocycles. The van der Waals surface area contributed by atoms with E-state index in [0.717, 1.165) is 5.70 Å². The van der Waals surface area contributed by atoms with Crippen LogP contribution in [0.1, 0.15) is 18.1 Å². The van der Waals surface area contributed by atoms with Crippen molar-refractivity contribution in [2.45, 2.75) is 13.8 Å². The molecule has 1 nitrogen and oxygen atoms in total. The molecule has 0 fully saturated rings. The first-order chi connectivity index (χ1) is 7.67. The Hall–Kier alpha value is -1.76. The van der Waals surface area contributed by atoms with Crippen molar-refractivity contribution in [3.63, 3.8) is 0 Å². The summed E-state index contributed by atoms with van der Waals surface area (Å²) in [5.41, 5.74) is 4.80. The van der Waals surface area contributed by atoms with Gasteiger partial charge >= 0.3 is 0 Å². The largest absolute Gasteiger partial charge is 0.388 e. The van der Waals surface area contributed by atoms with Gasteiger partial charge in [0.15, 0.2) is 0 Å². The quantitative estimate of drug-likeness (QED) is 0.752. The summed E-state index contributed by atoms with van der Waals surface area (Å²) in [5.74, 6) is 0. The zero-order valence-electron chi connectivity index (χ0n) is 10.2. The predicted octanol–water partition coefficient (Wildman–Crippen LogP) is 3.69. The third-order valence-electron chi connectivity index (χ3n) is 2.53. The Kier molecular flexibility index (Phi) is 4.59. The zero-order chi connectivity index (χ0) is 12.0. The topological polar surface area (TPSA) is 12.0 Å². The average Bonchev–Trinajstić information content (AvgIpc) is 2.31. The summed E-state index contributed by atoms with van der Waals surface area (Å²) in [6.07, 6.45) is 5.93. The van der Waals surface area contributed by atoms with Crippen LogP contribution in [-0.4, -0.2) is 7.05 Å². The van der Waals surface area contributed by atoms with Crippen LogP contribution in [0.5, 0.6) is 0 Å². The molecule has 84 valence electrons. The summed E-state index contributed by atoms with van der Waals surface area (Å²) in [7, 11) is 1.89. The van der Waals surface area contributed by atoms with Crippen LogP contribution in [0.3, 0.4) is 0 Å². The lowest BCUT2D eigenvalue weighted by atomic mass is 10.1. The zero-order valence-corrected chi connectivity index (χ0v) is 10.2. The Morgan fingerprint density at radius 1 is 1.19 bits per heavy atom. The summed E-state index contributed by atoms with van der Waals surface area (Å²) in [5, 5.41) is 3.07. The molecule has 16 heavy (non-hydrogen) atoms. The smallest absolute Gasteiger partial charge is 0.0331 e. The normalized spacial score (nSPS) is 12.4. The van der Waals surface area contributed by atoms with Crippen molar-refractivity contribution in [2.75, 3.05) is 7.05 Å². The van der Waals surface area contributed by atoms with Crippen molar-refractivity contribution >= 4 is 5.57 Å². The van der Waals surface area contributed by atoms with E-state index in [0.29, 0.717) is 0 Å². The Labute approximate surface area is 98.2 Å². The highest BCUT2D eigenvalue weighted by Gasteiger charge is 1.93. The van der Waals surface area contributed by atoms with E-state index in [1.165, 1.54) is 16.7 Å². The first-order valence-corrected chi connectivity index (χ1v) is 5.43. The number of hydrogen-bond acceptors (Lipinski definition) is 1. The highest BCUT2D eigenvalue weighted by molar-refractivity contribution is 5.65. The second-order valence-corrected chi connectivity index (χ2v) is 3.79. The molecule has 0 amide bonds. The van der Waals surface area contributed by atoms with Gasteiger partial charge in [-0.15, -0.1) is 0 Å². The molecule has 0 heterocycles.